The molecule has 4 aliphatic carbocycles. The number of urea groups is 1. The second kappa shape index (κ2) is 9.05. The molecule has 1 heterocycles. The number of nitrogens with zero attached hydrogens (tertiary/aromatic N) is 2. The SMILES string of the molecule is O=C(NCCSCc1ccccc1)N1CCN(C(=O)C23CC4CC(CC(C4)C2)C3)CC1. The molecule has 0 radical (unpaired) electrons. The van der Waals surface area contributed by atoms with E-state index < -0.39 is 0 Å². The Balaban J connectivity index is 1.04. The average Bonchev–Trinajstić information content (AvgIpc) is 2.78. The van der Waals surface area contributed by atoms with E-state index in [1.54, 1.807) is 0 Å². The molecule has 0 spiro atoms. The molecule has 6 heteroatoms. The van der Waals surface area contributed by atoms with Gasteiger partial charge in [0.05, 0.1) is 5.41 Å². The largest absolute Gasteiger partial charge is 0.339 e. The van der Waals surface area contributed by atoms with Gasteiger partial charge in [0.1, 0.15) is 0 Å². The van der Waals surface area contributed by atoms with Gasteiger partial charge in [-0.1, -0.05) is 30.3 Å². The zero-order valence-electron chi connectivity index (χ0n) is 18.4. The molecule has 0 atom stereocenters. The van der Waals surface area contributed by atoms with E-state index in [1.165, 1.54) is 24.8 Å². The number of hydrogen-bond donors (Lipinski definition) is 1. The fourth-order valence-electron chi connectivity index (χ4n) is 6.93. The van der Waals surface area contributed by atoms with Gasteiger partial charge in [0.15, 0.2) is 0 Å². The van der Waals surface area contributed by atoms with Crippen LogP contribution in [0.5, 0.6) is 0 Å². The standard InChI is InChI=1S/C25H35N3O2S/c29-23(25-15-20-12-21(16-25)14-22(13-20)17-25)27-7-9-28(10-8-27)24(30)26-6-11-31-18-19-4-2-1-3-5-19/h1-5,20-22H,6-18H2,(H,26,30). The van der Waals surface area contributed by atoms with Crippen LogP contribution in [0.25, 0.3) is 0 Å². The van der Waals surface area contributed by atoms with Crippen LogP contribution < -0.4 is 5.32 Å². The maximum Gasteiger partial charge on any atom is 0.317 e. The second-order valence-corrected chi connectivity index (χ2v) is 11.4. The maximum atomic E-state index is 13.5. The summed E-state index contributed by atoms with van der Waals surface area (Å²) < 4.78 is 0. The number of carbonyl (C=O) groups is 2. The third kappa shape index (κ3) is 4.59. The van der Waals surface area contributed by atoms with Gasteiger partial charge in [0.2, 0.25) is 5.91 Å². The molecule has 1 aliphatic heterocycles. The summed E-state index contributed by atoms with van der Waals surface area (Å²) in [6.07, 6.45) is 7.47. The first kappa shape index (κ1) is 21.2. The lowest BCUT2D eigenvalue weighted by atomic mass is 9.49. The van der Waals surface area contributed by atoms with Crippen LogP contribution in [-0.4, -0.2) is 60.2 Å². The maximum absolute atomic E-state index is 13.5. The summed E-state index contributed by atoms with van der Waals surface area (Å²) in [7, 11) is 0. The average molecular weight is 442 g/mol. The monoisotopic (exact) mass is 441 g/mol. The van der Waals surface area contributed by atoms with E-state index in [0.717, 1.165) is 48.5 Å². The van der Waals surface area contributed by atoms with Crippen LogP contribution in [0.4, 0.5) is 4.79 Å². The van der Waals surface area contributed by atoms with Crippen LogP contribution in [0, 0.1) is 23.2 Å². The quantitative estimate of drug-likeness (QED) is 0.679. The van der Waals surface area contributed by atoms with Gasteiger partial charge < -0.3 is 15.1 Å². The fraction of sp³-hybridized carbons (Fsp3) is 0.680. The normalized spacial score (nSPS) is 31.7. The molecule has 31 heavy (non-hydrogen) atoms. The van der Waals surface area contributed by atoms with Gasteiger partial charge in [-0.05, 0) is 61.8 Å². The van der Waals surface area contributed by atoms with Crippen molar-refractivity contribution in [1.29, 1.82) is 0 Å². The number of amides is 3. The van der Waals surface area contributed by atoms with E-state index in [9.17, 15) is 9.59 Å². The molecule has 6 rings (SSSR count). The third-order valence-electron chi connectivity index (χ3n) is 7.98. The van der Waals surface area contributed by atoms with Crippen molar-refractivity contribution in [2.75, 3.05) is 38.5 Å². The predicted octanol–water partition coefficient (Wildman–Crippen LogP) is 3.99. The molecular formula is C25H35N3O2S. The molecule has 5 nitrogen and oxygen atoms in total. The van der Waals surface area contributed by atoms with Gasteiger partial charge in [-0.15, -0.1) is 0 Å². The number of hydrogen-bond acceptors (Lipinski definition) is 3. The summed E-state index contributed by atoms with van der Waals surface area (Å²) >= 11 is 1.84. The van der Waals surface area contributed by atoms with Crippen LogP contribution in [0.15, 0.2) is 30.3 Å². The molecule has 1 aromatic carbocycles. The second-order valence-electron chi connectivity index (χ2n) is 10.2. The van der Waals surface area contributed by atoms with E-state index in [4.69, 9.17) is 0 Å². The molecule has 4 bridgehead atoms. The van der Waals surface area contributed by atoms with E-state index >= 15 is 0 Å². The number of piperazine rings is 1. The Labute approximate surface area is 190 Å². The van der Waals surface area contributed by atoms with Gasteiger partial charge in [-0.25, -0.2) is 4.79 Å². The zero-order chi connectivity index (χ0) is 21.3. The Morgan fingerprint density at radius 3 is 2.10 bits per heavy atom. The highest BCUT2D eigenvalue weighted by atomic mass is 32.2. The Morgan fingerprint density at radius 1 is 0.903 bits per heavy atom. The highest BCUT2D eigenvalue weighted by Crippen LogP contribution is 2.60. The van der Waals surface area contributed by atoms with Gasteiger partial charge in [0.25, 0.3) is 0 Å². The molecule has 4 saturated carbocycles. The fourth-order valence-corrected chi connectivity index (χ4v) is 7.75. The van der Waals surface area contributed by atoms with Crippen molar-refractivity contribution in [1.82, 2.24) is 15.1 Å². The smallest absolute Gasteiger partial charge is 0.317 e. The van der Waals surface area contributed by atoms with Gasteiger partial charge in [-0.3, -0.25) is 4.79 Å². The molecule has 168 valence electrons. The van der Waals surface area contributed by atoms with Gasteiger partial charge >= 0.3 is 6.03 Å². The lowest BCUT2D eigenvalue weighted by molar-refractivity contribution is -0.159. The van der Waals surface area contributed by atoms with Crippen molar-refractivity contribution in [3.8, 4) is 0 Å². The third-order valence-corrected chi connectivity index (χ3v) is 9.01. The van der Waals surface area contributed by atoms with Crippen molar-refractivity contribution in [2.24, 2.45) is 23.2 Å². The highest BCUT2D eigenvalue weighted by Gasteiger charge is 2.55. The van der Waals surface area contributed by atoms with Crippen molar-refractivity contribution in [3.63, 3.8) is 0 Å². The van der Waals surface area contributed by atoms with Crippen molar-refractivity contribution >= 4 is 23.7 Å². The zero-order valence-corrected chi connectivity index (χ0v) is 19.2. The number of rotatable bonds is 6. The number of nitrogens with one attached hydrogen (secondary N) is 1. The van der Waals surface area contributed by atoms with Crippen LogP contribution in [-0.2, 0) is 10.5 Å². The molecule has 1 saturated heterocycles. The molecule has 3 amide bonds. The van der Waals surface area contributed by atoms with E-state index in [1.807, 2.05) is 22.7 Å². The Bertz CT molecular complexity index is 756. The first-order valence-corrected chi connectivity index (χ1v) is 13.2. The highest BCUT2D eigenvalue weighted by molar-refractivity contribution is 7.98. The lowest BCUT2D eigenvalue weighted by Gasteiger charge is -2.57. The summed E-state index contributed by atoms with van der Waals surface area (Å²) in [5.74, 6) is 4.67. The Kier molecular flexibility index (Phi) is 6.18. The number of thioether (sulfide) groups is 1. The Hall–Kier alpha value is -1.69. The van der Waals surface area contributed by atoms with E-state index in [2.05, 4.69) is 34.5 Å². The summed E-state index contributed by atoms with van der Waals surface area (Å²) in [4.78, 5) is 30.0. The predicted molar refractivity (Wildman–Crippen MR) is 125 cm³/mol. The molecule has 1 aromatic rings. The first-order valence-electron chi connectivity index (χ1n) is 12.1. The molecule has 0 aromatic heterocycles. The first-order chi connectivity index (χ1) is 15.1. The van der Waals surface area contributed by atoms with Crippen LogP contribution >= 0.6 is 11.8 Å². The topological polar surface area (TPSA) is 52.7 Å². The number of carbonyl (C=O) groups excluding carboxylic acids is 2. The van der Waals surface area contributed by atoms with Crippen molar-refractivity contribution < 1.29 is 9.59 Å². The summed E-state index contributed by atoms with van der Waals surface area (Å²) in [6, 6.07) is 10.4. The molecular weight excluding hydrogens is 406 g/mol. The van der Waals surface area contributed by atoms with E-state index in [0.29, 0.717) is 38.6 Å². The minimum Gasteiger partial charge on any atom is -0.339 e. The van der Waals surface area contributed by atoms with Crippen LogP contribution in [0.2, 0.25) is 0 Å². The summed E-state index contributed by atoms with van der Waals surface area (Å²) in [5.41, 5.74) is 1.26. The van der Waals surface area contributed by atoms with Crippen LogP contribution in [0.3, 0.4) is 0 Å². The van der Waals surface area contributed by atoms with Gasteiger partial charge in [-0.2, -0.15) is 11.8 Å². The van der Waals surface area contributed by atoms with Gasteiger partial charge in [0, 0.05) is 44.2 Å². The van der Waals surface area contributed by atoms with Crippen molar-refractivity contribution in [2.45, 2.75) is 44.3 Å². The minimum atomic E-state index is -0.0604. The Morgan fingerprint density at radius 2 is 1.48 bits per heavy atom. The summed E-state index contributed by atoms with van der Waals surface area (Å²) in [6.45, 7) is 3.37. The number of benzene rings is 1. The molecule has 5 fully saturated rings. The van der Waals surface area contributed by atoms with Crippen LogP contribution in [0.1, 0.15) is 44.1 Å². The minimum absolute atomic E-state index is 0.0159. The van der Waals surface area contributed by atoms with Crippen molar-refractivity contribution in [3.05, 3.63) is 35.9 Å². The molecule has 1 N–H and O–H groups in total. The molecule has 5 aliphatic rings. The lowest BCUT2D eigenvalue weighted by Crippen LogP contribution is -2.59. The summed E-state index contributed by atoms with van der Waals surface area (Å²) in [5, 5.41) is 3.05. The van der Waals surface area contributed by atoms with E-state index in [-0.39, 0.29) is 11.4 Å². The molecule has 0 unspecified atom stereocenters.